The van der Waals surface area contributed by atoms with Gasteiger partial charge in [-0.3, -0.25) is 4.79 Å². The molecule has 0 aromatic carbocycles. The van der Waals surface area contributed by atoms with E-state index in [0.29, 0.717) is 0 Å². The van der Waals surface area contributed by atoms with E-state index >= 15 is 0 Å². The fourth-order valence-electron chi connectivity index (χ4n) is 2.66. The van der Waals surface area contributed by atoms with Gasteiger partial charge in [0.2, 0.25) is 5.91 Å². The standard InChI is InChI=1S/C13H21N5O3/c1-8(12(19)15-9-5-3-2-4-6-9)18-10(7-14)11(13(20)21)16-17-18/h8-9H,2-7,14H2,1H3,(H,15,19)(H,20,21). The molecule has 1 heterocycles. The molecule has 116 valence electrons. The van der Waals surface area contributed by atoms with E-state index in [4.69, 9.17) is 10.8 Å². The highest BCUT2D eigenvalue weighted by Gasteiger charge is 2.26. The van der Waals surface area contributed by atoms with E-state index in [1.54, 1.807) is 6.92 Å². The van der Waals surface area contributed by atoms with Crippen molar-refractivity contribution < 1.29 is 14.7 Å². The normalized spacial score (nSPS) is 17.4. The van der Waals surface area contributed by atoms with Gasteiger partial charge in [0.25, 0.3) is 0 Å². The topological polar surface area (TPSA) is 123 Å². The number of carbonyl (C=O) groups excluding carboxylic acids is 1. The fraction of sp³-hybridized carbons (Fsp3) is 0.692. The zero-order valence-corrected chi connectivity index (χ0v) is 12.1. The van der Waals surface area contributed by atoms with Crippen molar-refractivity contribution in [3.05, 3.63) is 11.4 Å². The monoisotopic (exact) mass is 295 g/mol. The molecule has 1 aliphatic rings. The lowest BCUT2D eigenvalue weighted by Gasteiger charge is -2.24. The summed E-state index contributed by atoms with van der Waals surface area (Å²) in [5, 5.41) is 19.4. The molecule has 21 heavy (non-hydrogen) atoms. The van der Waals surface area contributed by atoms with Gasteiger partial charge in [-0.1, -0.05) is 24.5 Å². The molecule has 0 aliphatic heterocycles. The molecule has 1 unspecified atom stereocenters. The van der Waals surface area contributed by atoms with Crippen molar-refractivity contribution in [3.8, 4) is 0 Å². The van der Waals surface area contributed by atoms with Crippen molar-refractivity contribution >= 4 is 11.9 Å². The van der Waals surface area contributed by atoms with Gasteiger partial charge in [-0.2, -0.15) is 0 Å². The Morgan fingerprint density at radius 1 is 1.43 bits per heavy atom. The average Bonchev–Trinajstić information content (AvgIpc) is 2.91. The Kier molecular flexibility index (Phi) is 4.89. The second kappa shape index (κ2) is 6.66. The predicted octanol–water partition coefficient (Wildman–Crippen LogP) is 0.445. The fourth-order valence-corrected chi connectivity index (χ4v) is 2.66. The van der Waals surface area contributed by atoms with Gasteiger partial charge in [-0.25, -0.2) is 9.48 Å². The third-order valence-electron chi connectivity index (χ3n) is 3.88. The highest BCUT2D eigenvalue weighted by atomic mass is 16.4. The lowest BCUT2D eigenvalue weighted by molar-refractivity contribution is -0.125. The number of carboxylic acid groups (broad SMARTS) is 1. The van der Waals surface area contributed by atoms with Crippen LogP contribution in [0.25, 0.3) is 0 Å². The molecule has 0 radical (unpaired) electrons. The third-order valence-corrected chi connectivity index (χ3v) is 3.88. The van der Waals surface area contributed by atoms with Gasteiger partial charge in [-0.15, -0.1) is 5.10 Å². The number of carbonyl (C=O) groups is 2. The van der Waals surface area contributed by atoms with Crippen LogP contribution in [0.3, 0.4) is 0 Å². The van der Waals surface area contributed by atoms with Crippen molar-refractivity contribution in [2.75, 3.05) is 0 Å². The predicted molar refractivity (Wildman–Crippen MR) is 74.6 cm³/mol. The first-order valence-corrected chi connectivity index (χ1v) is 7.22. The molecule has 1 aromatic heterocycles. The highest BCUT2D eigenvalue weighted by molar-refractivity contribution is 5.87. The van der Waals surface area contributed by atoms with E-state index in [2.05, 4.69) is 15.6 Å². The van der Waals surface area contributed by atoms with Gasteiger partial charge in [0.05, 0.1) is 5.69 Å². The second-order valence-electron chi connectivity index (χ2n) is 5.36. The number of aromatic nitrogens is 3. The van der Waals surface area contributed by atoms with Gasteiger partial charge in [-0.05, 0) is 19.8 Å². The minimum Gasteiger partial charge on any atom is -0.476 e. The number of aromatic carboxylic acids is 1. The maximum atomic E-state index is 12.3. The zero-order chi connectivity index (χ0) is 15.4. The van der Waals surface area contributed by atoms with Crippen LogP contribution in [0.5, 0.6) is 0 Å². The number of nitrogens with two attached hydrogens (primary N) is 1. The third kappa shape index (κ3) is 3.38. The summed E-state index contributed by atoms with van der Waals surface area (Å²) in [6.45, 7) is 1.63. The average molecular weight is 295 g/mol. The van der Waals surface area contributed by atoms with Crippen molar-refractivity contribution in [3.63, 3.8) is 0 Å². The van der Waals surface area contributed by atoms with Crippen LogP contribution in [-0.4, -0.2) is 38.0 Å². The first kappa shape index (κ1) is 15.4. The second-order valence-corrected chi connectivity index (χ2v) is 5.36. The number of nitrogens with zero attached hydrogens (tertiary/aromatic N) is 3. The summed E-state index contributed by atoms with van der Waals surface area (Å²) in [5.74, 6) is -1.37. The maximum absolute atomic E-state index is 12.3. The number of hydrogen-bond acceptors (Lipinski definition) is 5. The smallest absolute Gasteiger partial charge is 0.358 e. The van der Waals surface area contributed by atoms with Crippen molar-refractivity contribution in [1.82, 2.24) is 20.3 Å². The van der Waals surface area contributed by atoms with E-state index < -0.39 is 12.0 Å². The van der Waals surface area contributed by atoms with E-state index in [1.165, 1.54) is 11.1 Å². The molecule has 1 saturated carbocycles. The lowest BCUT2D eigenvalue weighted by Crippen LogP contribution is -2.40. The van der Waals surface area contributed by atoms with E-state index in [9.17, 15) is 9.59 Å². The maximum Gasteiger partial charge on any atom is 0.358 e. The van der Waals surface area contributed by atoms with Crippen molar-refractivity contribution in [2.45, 2.75) is 57.7 Å². The van der Waals surface area contributed by atoms with Crippen LogP contribution in [0.15, 0.2) is 0 Å². The summed E-state index contributed by atoms with van der Waals surface area (Å²) < 4.78 is 1.29. The molecule has 1 aliphatic carbocycles. The number of rotatable bonds is 5. The van der Waals surface area contributed by atoms with E-state index in [1.807, 2.05) is 0 Å². The molecule has 0 saturated heterocycles. The molecule has 1 amide bonds. The first-order valence-electron chi connectivity index (χ1n) is 7.22. The van der Waals surface area contributed by atoms with Gasteiger partial charge in [0.15, 0.2) is 5.69 Å². The Bertz CT molecular complexity index is 522. The van der Waals surface area contributed by atoms with Crippen LogP contribution >= 0.6 is 0 Å². The molecule has 0 bridgehead atoms. The van der Waals surface area contributed by atoms with Crippen molar-refractivity contribution in [1.29, 1.82) is 0 Å². The summed E-state index contributed by atoms with van der Waals surface area (Å²) in [6.07, 6.45) is 5.43. The minimum atomic E-state index is -1.19. The van der Waals surface area contributed by atoms with Crippen LogP contribution in [-0.2, 0) is 11.3 Å². The van der Waals surface area contributed by atoms with E-state index in [-0.39, 0.29) is 29.9 Å². The van der Waals surface area contributed by atoms with Gasteiger partial charge in [0.1, 0.15) is 6.04 Å². The van der Waals surface area contributed by atoms with Crippen LogP contribution in [0.2, 0.25) is 0 Å². The Morgan fingerprint density at radius 3 is 2.67 bits per heavy atom. The van der Waals surface area contributed by atoms with Gasteiger partial charge < -0.3 is 16.2 Å². The SMILES string of the molecule is CC(C(=O)NC1CCCCC1)n1nnc(C(=O)O)c1CN. The summed E-state index contributed by atoms with van der Waals surface area (Å²) >= 11 is 0. The van der Waals surface area contributed by atoms with Crippen LogP contribution in [0.1, 0.15) is 61.3 Å². The number of amides is 1. The number of nitrogens with one attached hydrogen (secondary N) is 1. The van der Waals surface area contributed by atoms with Crippen LogP contribution < -0.4 is 11.1 Å². The minimum absolute atomic E-state index is 0.0321. The molecule has 1 atom stereocenters. The van der Waals surface area contributed by atoms with Crippen molar-refractivity contribution in [2.24, 2.45) is 5.73 Å². The van der Waals surface area contributed by atoms with Gasteiger partial charge >= 0.3 is 5.97 Å². The molecular formula is C13H21N5O3. The quantitative estimate of drug-likeness (QED) is 0.724. The first-order chi connectivity index (χ1) is 10.0. The Balaban J connectivity index is 2.09. The van der Waals surface area contributed by atoms with E-state index in [0.717, 1.165) is 25.7 Å². The summed E-state index contributed by atoms with van der Waals surface area (Å²) in [5.41, 5.74) is 5.62. The van der Waals surface area contributed by atoms with Crippen LogP contribution in [0, 0.1) is 0 Å². The molecular weight excluding hydrogens is 274 g/mol. The highest BCUT2D eigenvalue weighted by Crippen LogP contribution is 2.19. The Labute approximate surface area is 122 Å². The Hall–Kier alpha value is -1.96. The molecule has 8 heteroatoms. The van der Waals surface area contributed by atoms with Gasteiger partial charge in [0, 0.05) is 12.6 Å². The van der Waals surface area contributed by atoms with Crippen LogP contribution in [0.4, 0.5) is 0 Å². The zero-order valence-electron chi connectivity index (χ0n) is 12.1. The number of carboxylic acids is 1. The number of hydrogen-bond donors (Lipinski definition) is 3. The molecule has 8 nitrogen and oxygen atoms in total. The molecule has 4 N–H and O–H groups in total. The summed E-state index contributed by atoms with van der Waals surface area (Å²) in [4.78, 5) is 23.3. The summed E-state index contributed by atoms with van der Waals surface area (Å²) in [7, 11) is 0. The molecule has 2 rings (SSSR count). The molecule has 1 aromatic rings. The summed E-state index contributed by atoms with van der Waals surface area (Å²) in [6, 6.07) is -0.441. The molecule has 1 fully saturated rings. The Morgan fingerprint density at radius 2 is 2.10 bits per heavy atom. The molecule has 0 spiro atoms. The lowest BCUT2D eigenvalue weighted by atomic mass is 9.95. The largest absolute Gasteiger partial charge is 0.476 e.